The lowest BCUT2D eigenvalue weighted by atomic mass is 9.94. The van der Waals surface area contributed by atoms with Gasteiger partial charge in [0.15, 0.2) is 6.61 Å². The van der Waals surface area contributed by atoms with Crippen molar-refractivity contribution in [3.05, 3.63) is 199 Å². The number of hydrogen-bond donors (Lipinski definition) is 1. The van der Waals surface area contributed by atoms with Gasteiger partial charge in [-0.3, -0.25) is 0 Å². The van der Waals surface area contributed by atoms with Crippen molar-refractivity contribution < 1.29 is 24.1 Å². The molecule has 266 valence electrons. The fraction of sp³-hybridized carbons (Fsp3) is 0.0625. The molecule has 0 atom stereocenters. The number of ether oxygens (including phenoxy) is 3. The Morgan fingerprint density at radius 3 is 1.41 bits per heavy atom. The van der Waals surface area contributed by atoms with Gasteiger partial charge in [-0.2, -0.15) is 0 Å². The summed E-state index contributed by atoms with van der Waals surface area (Å²) in [6.45, 7) is 1.57. The summed E-state index contributed by atoms with van der Waals surface area (Å²) in [7, 11) is 0. The van der Waals surface area contributed by atoms with Gasteiger partial charge in [0.2, 0.25) is 0 Å². The Bertz CT molecular complexity index is 2190. The third-order valence-electron chi connectivity index (χ3n) is 8.76. The fourth-order valence-electron chi connectivity index (χ4n) is 6.00. The quantitative estimate of drug-likeness (QED) is 0.113. The summed E-state index contributed by atoms with van der Waals surface area (Å²) in [6.07, 6.45) is 2.27. The van der Waals surface area contributed by atoms with Crippen LogP contribution in [0, 0.1) is 6.92 Å². The molecule has 7 aromatic carbocycles. The van der Waals surface area contributed by atoms with Crippen molar-refractivity contribution in [1.82, 2.24) is 0 Å². The fourth-order valence-corrected chi connectivity index (χ4v) is 6.87. The average molecular weight is 727 g/mol. The normalized spacial score (nSPS) is 10.7. The van der Waals surface area contributed by atoms with Gasteiger partial charge in [0.05, 0.1) is 0 Å². The van der Waals surface area contributed by atoms with Crippen molar-refractivity contribution in [3.8, 4) is 51.0 Å². The van der Waals surface area contributed by atoms with E-state index >= 15 is 0 Å². The molecule has 1 N–H and O–H groups in total. The van der Waals surface area contributed by atoms with Crippen LogP contribution in [0.15, 0.2) is 187 Å². The van der Waals surface area contributed by atoms with Crippen LogP contribution in [0.3, 0.4) is 0 Å². The number of hydrogen-bond acceptors (Lipinski definition) is 5. The molecule has 0 aliphatic rings. The Kier molecular flexibility index (Phi) is 11.5. The number of rotatable bonds is 14. The highest BCUT2D eigenvalue weighted by atomic mass is 32.2. The maximum atomic E-state index is 11.0. The number of aryl methyl sites for hydroxylation is 1. The molecule has 54 heavy (non-hydrogen) atoms. The molecule has 0 saturated heterocycles. The molecular formula is C48H38O5S. The van der Waals surface area contributed by atoms with Gasteiger partial charge in [-0.15, -0.1) is 11.8 Å². The maximum Gasteiger partial charge on any atom is 0.341 e. The van der Waals surface area contributed by atoms with Crippen LogP contribution >= 0.6 is 11.8 Å². The van der Waals surface area contributed by atoms with Crippen LogP contribution in [0.4, 0.5) is 0 Å². The van der Waals surface area contributed by atoms with Crippen LogP contribution in [-0.4, -0.2) is 23.4 Å². The highest BCUT2D eigenvalue weighted by Crippen LogP contribution is 2.33. The summed E-state index contributed by atoms with van der Waals surface area (Å²) in [5.74, 6) is 3.52. The van der Waals surface area contributed by atoms with E-state index in [-0.39, 0.29) is 6.61 Å². The van der Waals surface area contributed by atoms with Gasteiger partial charge in [0.1, 0.15) is 28.7 Å². The van der Waals surface area contributed by atoms with E-state index in [9.17, 15) is 4.79 Å². The highest BCUT2D eigenvalue weighted by molar-refractivity contribution is 7.99. The van der Waals surface area contributed by atoms with E-state index in [0.29, 0.717) is 5.75 Å². The summed E-state index contributed by atoms with van der Waals surface area (Å²) < 4.78 is 17.4. The zero-order chi connectivity index (χ0) is 37.1. The minimum Gasteiger partial charge on any atom is -0.482 e. The Morgan fingerprint density at radius 2 is 0.981 bits per heavy atom. The first kappa shape index (κ1) is 35.9. The van der Waals surface area contributed by atoms with Gasteiger partial charge in [-0.25, -0.2) is 4.79 Å². The van der Waals surface area contributed by atoms with E-state index in [1.165, 1.54) is 0 Å². The molecule has 0 aromatic heterocycles. The molecule has 0 amide bonds. The summed E-state index contributed by atoms with van der Waals surface area (Å²) in [6, 6.07) is 59.1. The number of carboxylic acid groups (broad SMARTS) is 1. The Labute approximate surface area is 320 Å². The molecule has 0 spiro atoms. The number of thioether (sulfide) groups is 1. The third-order valence-corrected chi connectivity index (χ3v) is 9.68. The predicted octanol–water partition coefficient (Wildman–Crippen LogP) is 12.6. The molecule has 6 heteroatoms. The maximum absolute atomic E-state index is 11.0. The third kappa shape index (κ3) is 9.48. The first-order valence-electron chi connectivity index (χ1n) is 17.6. The van der Waals surface area contributed by atoms with Crippen LogP contribution in [0.2, 0.25) is 0 Å². The second-order valence-corrected chi connectivity index (χ2v) is 13.7. The minimum atomic E-state index is -0.996. The molecule has 7 aromatic rings. The summed E-state index contributed by atoms with van der Waals surface area (Å²) in [4.78, 5) is 12.0. The number of carboxylic acids is 1. The van der Waals surface area contributed by atoms with Crippen LogP contribution < -0.4 is 14.2 Å². The van der Waals surface area contributed by atoms with Crippen molar-refractivity contribution in [3.63, 3.8) is 0 Å². The van der Waals surface area contributed by atoms with Gasteiger partial charge in [0, 0.05) is 10.6 Å². The molecule has 0 fully saturated rings. The largest absolute Gasteiger partial charge is 0.482 e. The lowest BCUT2D eigenvalue weighted by molar-refractivity contribution is -0.139. The van der Waals surface area contributed by atoms with E-state index in [1.807, 2.05) is 110 Å². The summed E-state index contributed by atoms with van der Waals surface area (Å²) in [5, 5.41) is 8.99. The first-order valence-corrected chi connectivity index (χ1v) is 18.6. The van der Waals surface area contributed by atoms with Crippen molar-refractivity contribution in [2.45, 2.75) is 11.8 Å². The van der Waals surface area contributed by atoms with Crippen molar-refractivity contribution in [1.29, 1.82) is 0 Å². The molecule has 0 aliphatic heterocycles. The molecule has 0 saturated carbocycles. The second kappa shape index (κ2) is 17.3. The monoisotopic (exact) mass is 726 g/mol. The van der Waals surface area contributed by atoms with Crippen LogP contribution in [0.25, 0.3) is 27.8 Å². The average Bonchev–Trinajstić information content (AvgIpc) is 3.21. The molecular weight excluding hydrogens is 689 g/mol. The summed E-state index contributed by atoms with van der Waals surface area (Å²) >= 11 is 1.72. The zero-order valence-electron chi connectivity index (χ0n) is 29.7. The van der Waals surface area contributed by atoms with E-state index in [2.05, 4.69) is 78.9 Å². The Balaban J connectivity index is 1.10. The van der Waals surface area contributed by atoms with Gasteiger partial charge in [-0.05, 0) is 118 Å². The standard InChI is InChI=1S/C48H38O5S/c1-34-32-45(28-29-47(34)51-33-48(49)50)54-31-30-46(39-16-12-35(13-17-39)37-20-24-43(25-21-37)52-41-8-4-2-5-9-41)40-18-14-36(15-19-40)38-22-26-44(27-23-38)53-42-10-6-3-7-11-42/h2-30,32H,31,33H2,1H3,(H,49,50). The van der Waals surface area contributed by atoms with E-state index in [1.54, 1.807) is 11.8 Å². The molecule has 5 nitrogen and oxygen atoms in total. The van der Waals surface area contributed by atoms with Crippen LogP contribution in [-0.2, 0) is 4.79 Å². The SMILES string of the molecule is Cc1cc(SCC=C(c2ccc(-c3ccc(Oc4ccccc4)cc3)cc2)c2ccc(-c3ccc(Oc4ccccc4)cc3)cc2)ccc1OCC(=O)O. The van der Waals surface area contributed by atoms with Crippen molar-refractivity contribution in [2.24, 2.45) is 0 Å². The predicted molar refractivity (Wildman–Crippen MR) is 219 cm³/mol. The highest BCUT2D eigenvalue weighted by Gasteiger charge is 2.10. The van der Waals surface area contributed by atoms with Crippen LogP contribution in [0.1, 0.15) is 16.7 Å². The van der Waals surface area contributed by atoms with Crippen LogP contribution in [0.5, 0.6) is 28.7 Å². The molecule has 0 bridgehead atoms. The minimum absolute atomic E-state index is 0.362. The van der Waals surface area contributed by atoms with Crippen molar-refractivity contribution in [2.75, 3.05) is 12.4 Å². The van der Waals surface area contributed by atoms with E-state index < -0.39 is 5.97 Å². The lowest BCUT2D eigenvalue weighted by Gasteiger charge is -2.13. The number of benzene rings is 7. The van der Waals surface area contributed by atoms with E-state index in [0.717, 1.165) is 78.2 Å². The Hall–Kier alpha value is -6.50. The lowest BCUT2D eigenvalue weighted by Crippen LogP contribution is -2.09. The molecule has 0 unspecified atom stereocenters. The van der Waals surface area contributed by atoms with Crippen molar-refractivity contribution >= 4 is 23.3 Å². The number of carbonyl (C=O) groups is 1. The number of aliphatic carboxylic acids is 1. The summed E-state index contributed by atoms with van der Waals surface area (Å²) in [5.41, 5.74) is 8.73. The number of para-hydroxylation sites is 2. The topological polar surface area (TPSA) is 65.0 Å². The van der Waals surface area contributed by atoms with Gasteiger partial charge in [-0.1, -0.05) is 115 Å². The smallest absolute Gasteiger partial charge is 0.341 e. The van der Waals surface area contributed by atoms with E-state index in [4.69, 9.17) is 19.3 Å². The van der Waals surface area contributed by atoms with Gasteiger partial charge < -0.3 is 19.3 Å². The Morgan fingerprint density at radius 1 is 0.556 bits per heavy atom. The zero-order valence-corrected chi connectivity index (χ0v) is 30.5. The molecule has 0 heterocycles. The molecule has 0 radical (unpaired) electrons. The first-order chi connectivity index (χ1) is 26.5. The molecule has 0 aliphatic carbocycles. The second-order valence-electron chi connectivity index (χ2n) is 12.6. The molecule has 7 rings (SSSR count). The van der Waals surface area contributed by atoms with Gasteiger partial charge >= 0.3 is 5.97 Å². The van der Waals surface area contributed by atoms with Gasteiger partial charge in [0.25, 0.3) is 0 Å².